The molecular formula is C13H14FN3O2. The highest BCUT2D eigenvalue weighted by Crippen LogP contribution is 2.31. The minimum atomic E-state index is -0.597. The van der Waals surface area contributed by atoms with Crippen molar-refractivity contribution in [1.29, 1.82) is 0 Å². The molecule has 3 rings (SSSR count). The summed E-state index contributed by atoms with van der Waals surface area (Å²) in [4.78, 5) is 23.3. The second-order valence-corrected chi connectivity index (χ2v) is 4.88. The molecule has 19 heavy (non-hydrogen) atoms. The number of anilines is 1. The zero-order chi connectivity index (χ0) is 13.4. The molecule has 100 valence electrons. The van der Waals surface area contributed by atoms with Crippen LogP contribution in [0, 0.1) is 5.82 Å². The maximum Gasteiger partial charge on any atom is 0.246 e. The van der Waals surface area contributed by atoms with Crippen LogP contribution in [0.25, 0.3) is 0 Å². The molecule has 1 unspecified atom stereocenters. The Morgan fingerprint density at radius 3 is 2.95 bits per heavy atom. The van der Waals surface area contributed by atoms with Crippen LogP contribution in [-0.2, 0) is 9.59 Å². The third-order valence-electron chi connectivity index (χ3n) is 3.26. The standard InChI is InChI=1S/C13H14FN3O2/c14-7-1-4-9-10(5-7)17-13(19)12(9)15-6-11(18)16-8-2-3-8/h1,4-5,8,12,15H,2-3,6H2,(H,16,18)(H,17,19). The molecule has 1 aliphatic carbocycles. The number of halogens is 1. The van der Waals surface area contributed by atoms with E-state index in [2.05, 4.69) is 16.0 Å². The SMILES string of the molecule is O=C(CNC1C(=O)Nc2cc(F)ccc21)NC1CC1. The Balaban J connectivity index is 1.64. The molecule has 1 fully saturated rings. The van der Waals surface area contributed by atoms with Crippen molar-refractivity contribution in [1.82, 2.24) is 10.6 Å². The van der Waals surface area contributed by atoms with Crippen LogP contribution in [0.4, 0.5) is 10.1 Å². The highest BCUT2D eigenvalue weighted by atomic mass is 19.1. The molecule has 3 N–H and O–H groups in total. The molecular weight excluding hydrogens is 249 g/mol. The lowest BCUT2D eigenvalue weighted by molar-refractivity contribution is -0.121. The maximum absolute atomic E-state index is 13.0. The molecule has 6 heteroatoms. The van der Waals surface area contributed by atoms with E-state index in [0.717, 1.165) is 12.8 Å². The van der Waals surface area contributed by atoms with E-state index in [1.54, 1.807) is 6.07 Å². The summed E-state index contributed by atoms with van der Waals surface area (Å²) in [6.45, 7) is 0.0748. The Morgan fingerprint density at radius 1 is 1.42 bits per heavy atom. The van der Waals surface area contributed by atoms with Crippen LogP contribution in [0.1, 0.15) is 24.4 Å². The molecule has 1 aromatic carbocycles. The van der Waals surface area contributed by atoms with Gasteiger partial charge in [-0.05, 0) is 25.0 Å². The maximum atomic E-state index is 13.0. The summed E-state index contributed by atoms with van der Waals surface area (Å²) in [6, 6.07) is 3.84. The highest BCUT2D eigenvalue weighted by molar-refractivity contribution is 6.02. The summed E-state index contributed by atoms with van der Waals surface area (Å²) in [5, 5.41) is 8.32. The number of carbonyl (C=O) groups is 2. The van der Waals surface area contributed by atoms with Gasteiger partial charge >= 0.3 is 0 Å². The van der Waals surface area contributed by atoms with E-state index < -0.39 is 11.9 Å². The molecule has 1 saturated carbocycles. The van der Waals surface area contributed by atoms with E-state index >= 15 is 0 Å². The van der Waals surface area contributed by atoms with Gasteiger partial charge in [0, 0.05) is 17.3 Å². The Morgan fingerprint density at radius 2 is 2.21 bits per heavy atom. The summed E-state index contributed by atoms with van der Waals surface area (Å²) < 4.78 is 13.0. The van der Waals surface area contributed by atoms with E-state index in [1.807, 2.05) is 0 Å². The quantitative estimate of drug-likeness (QED) is 0.748. The van der Waals surface area contributed by atoms with Crippen molar-refractivity contribution >= 4 is 17.5 Å². The summed E-state index contributed by atoms with van der Waals surface area (Å²) >= 11 is 0. The summed E-state index contributed by atoms with van der Waals surface area (Å²) in [5.41, 5.74) is 1.13. The van der Waals surface area contributed by atoms with Crippen LogP contribution in [0.3, 0.4) is 0 Å². The first-order valence-corrected chi connectivity index (χ1v) is 6.26. The number of nitrogens with one attached hydrogen (secondary N) is 3. The molecule has 1 aromatic rings. The smallest absolute Gasteiger partial charge is 0.246 e. The van der Waals surface area contributed by atoms with Crippen molar-refractivity contribution < 1.29 is 14.0 Å². The van der Waals surface area contributed by atoms with Crippen molar-refractivity contribution in [2.24, 2.45) is 0 Å². The normalized spacial score (nSPS) is 20.9. The third-order valence-corrected chi connectivity index (χ3v) is 3.26. The molecule has 2 amide bonds. The van der Waals surface area contributed by atoms with Crippen molar-refractivity contribution in [3.05, 3.63) is 29.6 Å². The lowest BCUT2D eigenvalue weighted by atomic mass is 10.1. The molecule has 5 nitrogen and oxygen atoms in total. The number of rotatable bonds is 4. The molecule has 0 spiro atoms. The first-order valence-electron chi connectivity index (χ1n) is 6.26. The van der Waals surface area contributed by atoms with Crippen molar-refractivity contribution in [3.63, 3.8) is 0 Å². The van der Waals surface area contributed by atoms with Gasteiger partial charge in [-0.15, -0.1) is 0 Å². The van der Waals surface area contributed by atoms with Crippen LogP contribution in [0.5, 0.6) is 0 Å². The zero-order valence-corrected chi connectivity index (χ0v) is 10.2. The Labute approximate surface area is 109 Å². The summed E-state index contributed by atoms with van der Waals surface area (Å²) in [7, 11) is 0. The summed E-state index contributed by atoms with van der Waals surface area (Å²) in [6.07, 6.45) is 2.05. The molecule has 0 saturated heterocycles. The third kappa shape index (κ3) is 2.58. The molecule has 2 aliphatic rings. The largest absolute Gasteiger partial charge is 0.352 e. The predicted octanol–water partition coefficient (Wildman–Crippen LogP) is 0.687. The van der Waals surface area contributed by atoms with Gasteiger partial charge in [0.15, 0.2) is 0 Å². The fourth-order valence-corrected chi connectivity index (χ4v) is 2.14. The average molecular weight is 263 g/mol. The zero-order valence-electron chi connectivity index (χ0n) is 10.2. The predicted molar refractivity (Wildman–Crippen MR) is 66.9 cm³/mol. The number of amides is 2. The van der Waals surface area contributed by atoms with Crippen molar-refractivity contribution in [2.75, 3.05) is 11.9 Å². The molecule has 0 bridgehead atoms. The first kappa shape index (κ1) is 12.1. The molecule has 0 radical (unpaired) electrons. The second kappa shape index (κ2) is 4.62. The molecule has 1 aliphatic heterocycles. The van der Waals surface area contributed by atoms with E-state index in [-0.39, 0.29) is 18.4 Å². The van der Waals surface area contributed by atoms with Gasteiger partial charge in [-0.2, -0.15) is 0 Å². The van der Waals surface area contributed by atoms with Gasteiger partial charge in [0.2, 0.25) is 11.8 Å². The summed E-state index contributed by atoms with van der Waals surface area (Å²) in [5.74, 6) is -0.781. The van der Waals surface area contributed by atoms with Gasteiger partial charge in [0.25, 0.3) is 0 Å². The minimum absolute atomic E-state index is 0.0748. The molecule has 1 heterocycles. The van der Waals surface area contributed by atoms with Gasteiger partial charge < -0.3 is 10.6 Å². The lowest BCUT2D eigenvalue weighted by Crippen LogP contribution is -2.38. The van der Waals surface area contributed by atoms with Crippen LogP contribution >= 0.6 is 0 Å². The van der Waals surface area contributed by atoms with Gasteiger partial charge in [0.1, 0.15) is 11.9 Å². The number of benzene rings is 1. The number of fused-ring (bicyclic) bond motifs is 1. The van der Waals surface area contributed by atoms with E-state index in [0.29, 0.717) is 17.3 Å². The lowest BCUT2D eigenvalue weighted by Gasteiger charge is -2.11. The van der Waals surface area contributed by atoms with Gasteiger partial charge in [0.05, 0.1) is 6.54 Å². The van der Waals surface area contributed by atoms with Gasteiger partial charge in [-0.25, -0.2) is 4.39 Å². The van der Waals surface area contributed by atoms with Crippen LogP contribution < -0.4 is 16.0 Å². The van der Waals surface area contributed by atoms with Gasteiger partial charge in [-0.1, -0.05) is 6.07 Å². The van der Waals surface area contributed by atoms with Crippen molar-refractivity contribution in [2.45, 2.75) is 24.9 Å². The minimum Gasteiger partial charge on any atom is -0.352 e. The average Bonchev–Trinajstić information content (AvgIpc) is 3.10. The number of hydrogen-bond acceptors (Lipinski definition) is 3. The first-order chi connectivity index (χ1) is 9.13. The van der Waals surface area contributed by atoms with E-state index in [1.165, 1.54) is 12.1 Å². The molecule has 0 aromatic heterocycles. The fraction of sp³-hybridized carbons (Fsp3) is 0.385. The van der Waals surface area contributed by atoms with E-state index in [9.17, 15) is 14.0 Å². The van der Waals surface area contributed by atoms with Crippen molar-refractivity contribution in [3.8, 4) is 0 Å². The molecule has 1 atom stereocenters. The van der Waals surface area contributed by atoms with E-state index in [4.69, 9.17) is 0 Å². The fourth-order valence-electron chi connectivity index (χ4n) is 2.14. The topological polar surface area (TPSA) is 70.2 Å². The number of hydrogen-bond donors (Lipinski definition) is 3. The van der Waals surface area contributed by atoms with Gasteiger partial charge in [-0.3, -0.25) is 14.9 Å². The monoisotopic (exact) mass is 263 g/mol. The Kier molecular flexibility index (Phi) is 2.94. The Hall–Kier alpha value is -1.95. The second-order valence-electron chi connectivity index (χ2n) is 4.88. The van der Waals surface area contributed by atoms with Crippen LogP contribution in [0.15, 0.2) is 18.2 Å². The highest BCUT2D eigenvalue weighted by Gasteiger charge is 2.31. The van der Waals surface area contributed by atoms with Crippen LogP contribution in [-0.4, -0.2) is 24.4 Å². The van der Waals surface area contributed by atoms with Crippen LogP contribution in [0.2, 0.25) is 0 Å². The number of carbonyl (C=O) groups excluding carboxylic acids is 2. The Bertz CT molecular complexity index is 543.